The van der Waals surface area contributed by atoms with Crippen molar-refractivity contribution in [2.45, 2.75) is 51.1 Å². The molecule has 2 heterocycles. The summed E-state index contributed by atoms with van der Waals surface area (Å²) in [5.41, 5.74) is 3.08. The third kappa shape index (κ3) is 7.13. The zero-order valence-electron chi connectivity index (χ0n) is 23.6. The minimum Gasteiger partial charge on any atom is -0.492 e. The first-order valence-electron chi connectivity index (χ1n) is 14.2. The van der Waals surface area contributed by atoms with E-state index in [9.17, 15) is 9.59 Å². The highest BCUT2D eigenvalue weighted by Gasteiger charge is 2.29. The van der Waals surface area contributed by atoms with Crippen LogP contribution in [-0.4, -0.2) is 52.8 Å². The van der Waals surface area contributed by atoms with Gasteiger partial charge in [-0.3, -0.25) is 9.48 Å². The van der Waals surface area contributed by atoms with Crippen molar-refractivity contribution in [2.24, 2.45) is 13.0 Å². The van der Waals surface area contributed by atoms with Crippen LogP contribution in [0.15, 0.2) is 59.1 Å². The van der Waals surface area contributed by atoms with Gasteiger partial charge in [-0.15, -0.1) is 0 Å². The number of aromatic nitrogens is 3. The summed E-state index contributed by atoms with van der Waals surface area (Å²) >= 11 is 0. The lowest BCUT2D eigenvalue weighted by molar-refractivity contribution is -0.141. The van der Waals surface area contributed by atoms with E-state index in [1.165, 1.54) is 13.5 Å². The lowest BCUT2D eigenvalue weighted by Gasteiger charge is -2.22. The van der Waals surface area contributed by atoms with Crippen molar-refractivity contribution in [1.82, 2.24) is 20.1 Å². The Kier molecular flexibility index (Phi) is 9.30. The van der Waals surface area contributed by atoms with E-state index in [0.717, 1.165) is 48.1 Å². The van der Waals surface area contributed by atoms with E-state index in [1.54, 1.807) is 17.9 Å². The molecule has 1 fully saturated rings. The fraction of sp³-hybridized carbons (Fsp3) is 0.419. The van der Waals surface area contributed by atoms with E-state index >= 15 is 0 Å². The van der Waals surface area contributed by atoms with Crippen molar-refractivity contribution < 1.29 is 23.5 Å². The zero-order chi connectivity index (χ0) is 28.6. The summed E-state index contributed by atoms with van der Waals surface area (Å²) in [6, 6.07) is 14.6. The Morgan fingerprint density at radius 1 is 1.10 bits per heavy atom. The van der Waals surface area contributed by atoms with E-state index in [4.69, 9.17) is 13.9 Å². The molecule has 1 atom stereocenters. The molecule has 5 rings (SSSR count). The van der Waals surface area contributed by atoms with Crippen LogP contribution in [0, 0.1) is 5.92 Å². The SMILES string of the molecule is COC(=O)C(Cc1ccc(OCCNCc2nc3ccccc3o2)cc1)Nc1c(C(=O)C2CCCCC2)cnn1C. The van der Waals surface area contributed by atoms with E-state index in [1.807, 2.05) is 48.5 Å². The zero-order valence-corrected chi connectivity index (χ0v) is 23.6. The summed E-state index contributed by atoms with van der Waals surface area (Å²) in [7, 11) is 3.13. The van der Waals surface area contributed by atoms with E-state index in [-0.39, 0.29) is 11.7 Å². The second-order valence-electron chi connectivity index (χ2n) is 10.4. The Hall–Kier alpha value is -4.18. The molecule has 216 valence electrons. The van der Waals surface area contributed by atoms with Gasteiger partial charge in [-0.25, -0.2) is 9.78 Å². The molecule has 0 spiro atoms. The number of aryl methyl sites for hydroxylation is 1. The van der Waals surface area contributed by atoms with Gasteiger partial charge in [0.05, 0.1) is 25.4 Å². The van der Waals surface area contributed by atoms with Gasteiger partial charge in [0.2, 0.25) is 5.89 Å². The molecule has 0 aliphatic heterocycles. The normalized spacial score (nSPS) is 14.6. The predicted molar refractivity (Wildman–Crippen MR) is 155 cm³/mol. The third-order valence-corrected chi connectivity index (χ3v) is 7.50. The first-order chi connectivity index (χ1) is 20.0. The quantitative estimate of drug-likeness (QED) is 0.137. The number of ketones is 1. The summed E-state index contributed by atoms with van der Waals surface area (Å²) in [5, 5.41) is 10.8. The Labute approximate surface area is 239 Å². The number of nitrogens with zero attached hydrogens (tertiary/aromatic N) is 3. The maximum Gasteiger partial charge on any atom is 0.328 e. The number of carbonyl (C=O) groups is 2. The van der Waals surface area contributed by atoms with Gasteiger partial charge in [-0.1, -0.05) is 43.5 Å². The second-order valence-corrected chi connectivity index (χ2v) is 10.4. The molecule has 0 radical (unpaired) electrons. The molecular weight excluding hydrogens is 522 g/mol. The van der Waals surface area contributed by atoms with Gasteiger partial charge in [-0.2, -0.15) is 5.10 Å². The summed E-state index contributed by atoms with van der Waals surface area (Å²) in [4.78, 5) is 30.4. The summed E-state index contributed by atoms with van der Waals surface area (Å²) < 4.78 is 18.3. The highest BCUT2D eigenvalue weighted by molar-refractivity contribution is 6.02. The van der Waals surface area contributed by atoms with Gasteiger partial charge in [0.1, 0.15) is 29.7 Å². The van der Waals surface area contributed by atoms with Crippen molar-refractivity contribution in [3.05, 3.63) is 71.7 Å². The molecule has 1 aliphatic rings. The number of fused-ring (bicyclic) bond motifs is 1. The molecule has 0 saturated heterocycles. The molecule has 41 heavy (non-hydrogen) atoms. The smallest absolute Gasteiger partial charge is 0.328 e. The Balaban J connectivity index is 1.14. The lowest BCUT2D eigenvalue weighted by atomic mass is 9.84. The predicted octanol–water partition coefficient (Wildman–Crippen LogP) is 4.69. The second kappa shape index (κ2) is 13.5. The fourth-order valence-electron chi connectivity index (χ4n) is 5.26. The minimum atomic E-state index is -0.684. The number of oxazole rings is 1. The van der Waals surface area contributed by atoms with Crippen LogP contribution in [0.4, 0.5) is 5.82 Å². The Morgan fingerprint density at radius 2 is 1.88 bits per heavy atom. The highest BCUT2D eigenvalue weighted by atomic mass is 16.5. The van der Waals surface area contributed by atoms with Crippen LogP contribution < -0.4 is 15.4 Å². The highest BCUT2D eigenvalue weighted by Crippen LogP contribution is 2.30. The van der Waals surface area contributed by atoms with Crippen LogP contribution >= 0.6 is 0 Å². The summed E-state index contributed by atoms with van der Waals surface area (Å²) in [5.74, 6) is 1.60. The fourth-order valence-corrected chi connectivity index (χ4v) is 5.26. The van der Waals surface area contributed by atoms with Crippen LogP contribution in [0.2, 0.25) is 0 Å². The number of para-hydroxylation sites is 2. The molecule has 2 aromatic heterocycles. The first kappa shape index (κ1) is 28.4. The van der Waals surface area contributed by atoms with E-state index in [0.29, 0.717) is 43.4 Å². The van der Waals surface area contributed by atoms with Gasteiger partial charge in [-0.05, 0) is 42.7 Å². The van der Waals surface area contributed by atoms with Gasteiger partial charge >= 0.3 is 5.97 Å². The van der Waals surface area contributed by atoms with Gasteiger partial charge in [0, 0.05) is 25.9 Å². The number of Topliss-reactive ketones (excluding diaryl/α,β-unsaturated/α-hetero) is 1. The Bertz CT molecular complexity index is 1420. The maximum absolute atomic E-state index is 13.3. The number of rotatable bonds is 13. The number of anilines is 1. The monoisotopic (exact) mass is 559 g/mol. The van der Waals surface area contributed by atoms with Crippen LogP contribution in [0.5, 0.6) is 5.75 Å². The van der Waals surface area contributed by atoms with Crippen molar-refractivity contribution in [3.63, 3.8) is 0 Å². The average molecular weight is 560 g/mol. The van der Waals surface area contributed by atoms with Crippen molar-refractivity contribution in [3.8, 4) is 5.75 Å². The molecule has 2 N–H and O–H groups in total. The third-order valence-electron chi connectivity index (χ3n) is 7.50. The van der Waals surface area contributed by atoms with Crippen molar-refractivity contribution >= 4 is 28.7 Å². The van der Waals surface area contributed by atoms with Gasteiger partial charge in [0.15, 0.2) is 11.4 Å². The van der Waals surface area contributed by atoms with Gasteiger partial charge in [0.25, 0.3) is 0 Å². The molecule has 0 bridgehead atoms. The van der Waals surface area contributed by atoms with Crippen molar-refractivity contribution in [1.29, 1.82) is 0 Å². The molecule has 1 unspecified atom stereocenters. The number of methoxy groups -OCH3 is 1. The molecule has 2 aromatic carbocycles. The van der Waals surface area contributed by atoms with Crippen LogP contribution in [-0.2, 0) is 29.5 Å². The standard InChI is InChI=1S/C31H37N5O5/c1-36-30(24(19-33-36)29(37)22-8-4-3-5-9-22)35-26(31(38)39-2)18-21-12-14-23(15-13-21)40-17-16-32-20-28-34-25-10-6-7-11-27(25)41-28/h6-7,10-15,19,22,26,32,35H,3-5,8-9,16-18,20H2,1-2H3. The molecule has 1 saturated carbocycles. The molecule has 0 amide bonds. The van der Waals surface area contributed by atoms with Gasteiger partial charge < -0.3 is 24.5 Å². The average Bonchev–Trinajstić information content (AvgIpc) is 3.59. The first-order valence-corrected chi connectivity index (χ1v) is 14.2. The Morgan fingerprint density at radius 3 is 2.63 bits per heavy atom. The number of esters is 1. The number of ether oxygens (including phenoxy) is 2. The van der Waals surface area contributed by atoms with Crippen LogP contribution in [0.25, 0.3) is 11.1 Å². The topological polar surface area (TPSA) is 121 Å². The molecule has 10 heteroatoms. The van der Waals surface area contributed by atoms with E-state index < -0.39 is 12.0 Å². The molecular formula is C31H37N5O5. The number of carbonyl (C=O) groups excluding carboxylic acids is 2. The lowest BCUT2D eigenvalue weighted by Crippen LogP contribution is -2.34. The minimum absolute atomic E-state index is 0.00903. The summed E-state index contributed by atoms with van der Waals surface area (Å²) in [6.45, 7) is 1.62. The van der Waals surface area contributed by atoms with E-state index in [2.05, 4.69) is 20.7 Å². The number of hydrogen-bond donors (Lipinski definition) is 2. The van der Waals surface area contributed by atoms with Crippen LogP contribution in [0.3, 0.4) is 0 Å². The summed E-state index contributed by atoms with van der Waals surface area (Å²) in [6.07, 6.45) is 7.09. The van der Waals surface area contributed by atoms with Crippen LogP contribution in [0.1, 0.15) is 53.9 Å². The molecule has 10 nitrogen and oxygen atoms in total. The number of hydrogen-bond acceptors (Lipinski definition) is 9. The number of benzene rings is 2. The van der Waals surface area contributed by atoms with Crippen molar-refractivity contribution in [2.75, 3.05) is 25.6 Å². The molecule has 4 aromatic rings. The number of nitrogens with one attached hydrogen (secondary N) is 2. The maximum atomic E-state index is 13.3. The largest absolute Gasteiger partial charge is 0.492 e. The molecule has 1 aliphatic carbocycles.